The van der Waals surface area contributed by atoms with Crippen LogP contribution < -0.4 is 11.1 Å². The number of hydrogen-bond acceptors (Lipinski definition) is 3. The predicted octanol–water partition coefficient (Wildman–Crippen LogP) is 1.67. The Morgan fingerprint density at radius 3 is 2.37 bits per heavy atom. The number of aliphatic hydroxyl groups is 1. The van der Waals surface area contributed by atoms with Crippen molar-refractivity contribution >= 4 is 5.91 Å². The van der Waals surface area contributed by atoms with Crippen LogP contribution in [0.25, 0.3) is 0 Å². The van der Waals surface area contributed by atoms with E-state index in [0.29, 0.717) is 13.1 Å². The highest BCUT2D eigenvalue weighted by atomic mass is 16.3. The molecule has 4 heteroatoms. The largest absolute Gasteiger partial charge is 0.396 e. The van der Waals surface area contributed by atoms with Crippen molar-refractivity contribution in [2.24, 2.45) is 22.5 Å². The first-order chi connectivity index (χ1) is 8.82. The van der Waals surface area contributed by atoms with Gasteiger partial charge in [0.2, 0.25) is 5.91 Å². The van der Waals surface area contributed by atoms with Crippen molar-refractivity contribution in [2.45, 2.75) is 52.9 Å². The summed E-state index contributed by atoms with van der Waals surface area (Å²) in [5.74, 6) is -0.0886. The topological polar surface area (TPSA) is 75.4 Å². The summed E-state index contributed by atoms with van der Waals surface area (Å²) < 4.78 is 0. The van der Waals surface area contributed by atoms with Crippen molar-refractivity contribution in [1.82, 2.24) is 5.32 Å². The monoisotopic (exact) mass is 270 g/mol. The lowest BCUT2D eigenvalue weighted by Gasteiger charge is -2.29. The number of hydrogen-bond donors (Lipinski definition) is 3. The molecule has 4 N–H and O–H groups in total. The molecule has 0 aliphatic heterocycles. The van der Waals surface area contributed by atoms with Gasteiger partial charge in [-0.3, -0.25) is 4.79 Å². The summed E-state index contributed by atoms with van der Waals surface area (Å²) in [4.78, 5) is 12.2. The summed E-state index contributed by atoms with van der Waals surface area (Å²) in [6.07, 6.45) is 5.12. The van der Waals surface area contributed by atoms with Gasteiger partial charge in [0.05, 0.1) is 12.5 Å². The third-order valence-electron chi connectivity index (χ3n) is 4.15. The molecule has 1 fully saturated rings. The third kappa shape index (κ3) is 5.11. The minimum absolute atomic E-state index is 0.0390. The van der Waals surface area contributed by atoms with Crippen LogP contribution in [0.1, 0.15) is 52.9 Å². The number of nitrogens with one attached hydrogen (secondary N) is 1. The van der Waals surface area contributed by atoms with Crippen molar-refractivity contribution < 1.29 is 9.90 Å². The maximum absolute atomic E-state index is 12.2. The van der Waals surface area contributed by atoms with E-state index >= 15 is 0 Å². The van der Waals surface area contributed by atoms with Crippen LogP contribution in [0.5, 0.6) is 0 Å². The van der Waals surface area contributed by atoms with E-state index < -0.39 is 0 Å². The zero-order chi connectivity index (χ0) is 14.5. The van der Waals surface area contributed by atoms with Gasteiger partial charge < -0.3 is 16.2 Å². The van der Waals surface area contributed by atoms with Crippen LogP contribution in [-0.2, 0) is 4.79 Å². The van der Waals surface area contributed by atoms with Gasteiger partial charge in [-0.2, -0.15) is 0 Å². The Bertz CT molecular complexity index is 291. The molecule has 1 unspecified atom stereocenters. The van der Waals surface area contributed by atoms with Gasteiger partial charge in [0.25, 0.3) is 0 Å². The van der Waals surface area contributed by atoms with E-state index in [4.69, 9.17) is 5.73 Å². The minimum atomic E-state index is -0.128. The highest BCUT2D eigenvalue weighted by Gasteiger charge is 2.34. The summed E-state index contributed by atoms with van der Waals surface area (Å²) in [6, 6.07) is 0. The molecule has 1 atom stereocenters. The molecule has 4 nitrogen and oxygen atoms in total. The number of aliphatic hydroxyl groups excluding tert-OH is 1. The van der Waals surface area contributed by atoms with Gasteiger partial charge in [-0.25, -0.2) is 0 Å². The molecule has 1 amide bonds. The molecule has 1 saturated carbocycles. The molecule has 0 radical (unpaired) electrons. The normalized spacial score (nSPS) is 20.3. The molecule has 112 valence electrons. The molecule has 0 aromatic carbocycles. The van der Waals surface area contributed by atoms with Gasteiger partial charge in [0, 0.05) is 18.5 Å². The fraction of sp³-hybridized carbons (Fsp3) is 0.933. The quantitative estimate of drug-likeness (QED) is 0.687. The second-order valence-electron chi connectivity index (χ2n) is 7.28. The molecular weight excluding hydrogens is 240 g/mol. The van der Waals surface area contributed by atoms with E-state index in [0.717, 1.165) is 32.1 Å². The fourth-order valence-corrected chi connectivity index (χ4v) is 2.96. The number of nitrogens with two attached hydrogens (primary N) is 1. The summed E-state index contributed by atoms with van der Waals surface area (Å²) in [5.41, 5.74) is 5.73. The van der Waals surface area contributed by atoms with Gasteiger partial charge in [-0.15, -0.1) is 0 Å². The second kappa shape index (κ2) is 6.71. The smallest absolute Gasteiger partial charge is 0.224 e. The van der Waals surface area contributed by atoms with Crippen LogP contribution in [0.3, 0.4) is 0 Å². The standard InChI is InChI=1S/C15H30N2O2/c1-14(2,3)8-12(9-16)13(19)17-10-15(11-18)6-4-5-7-15/h12,18H,4-11,16H2,1-3H3,(H,17,19). The third-order valence-corrected chi connectivity index (χ3v) is 4.15. The molecule has 0 bridgehead atoms. The average molecular weight is 270 g/mol. The molecule has 1 aliphatic rings. The van der Waals surface area contributed by atoms with Gasteiger partial charge in [0.1, 0.15) is 0 Å². The van der Waals surface area contributed by atoms with Crippen LogP contribution >= 0.6 is 0 Å². The Morgan fingerprint density at radius 1 is 1.37 bits per heavy atom. The maximum atomic E-state index is 12.2. The highest BCUT2D eigenvalue weighted by Crippen LogP contribution is 2.37. The Kier molecular flexibility index (Phi) is 5.81. The first-order valence-corrected chi connectivity index (χ1v) is 7.41. The van der Waals surface area contributed by atoms with E-state index in [9.17, 15) is 9.90 Å². The van der Waals surface area contributed by atoms with E-state index in [1.807, 2.05) is 0 Å². The summed E-state index contributed by atoms with van der Waals surface area (Å²) in [6.45, 7) is 7.50. The molecule has 0 spiro atoms. The summed E-state index contributed by atoms with van der Waals surface area (Å²) in [7, 11) is 0. The zero-order valence-electron chi connectivity index (χ0n) is 12.7. The summed E-state index contributed by atoms with van der Waals surface area (Å²) >= 11 is 0. The number of carbonyl (C=O) groups is 1. The number of amides is 1. The molecular formula is C15H30N2O2. The lowest BCUT2D eigenvalue weighted by atomic mass is 9.83. The maximum Gasteiger partial charge on any atom is 0.224 e. The molecule has 0 aromatic heterocycles. The van der Waals surface area contributed by atoms with Crippen molar-refractivity contribution in [1.29, 1.82) is 0 Å². The average Bonchev–Trinajstić information content (AvgIpc) is 2.81. The lowest BCUT2D eigenvalue weighted by molar-refractivity contribution is -0.126. The van der Waals surface area contributed by atoms with Gasteiger partial charge in [-0.1, -0.05) is 33.6 Å². The van der Waals surface area contributed by atoms with E-state index in [-0.39, 0.29) is 29.3 Å². The zero-order valence-corrected chi connectivity index (χ0v) is 12.7. The number of carbonyl (C=O) groups excluding carboxylic acids is 1. The van der Waals surface area contributed by atoms with Gasteiger partial charge in [-0.05, 0) is 24.7 Å². The Balaban J connectivity index is 2.48. The highest BCUT2D eigenvalue weighted by molar-refractivity contribution is 5.79. The van der Waals surface area contributed by atoms with E-state index in [2.05, 4.69) is 26.1 Å². The summed E-state index contributed by atoms with van der Waals surface area (Å²) in [5, 5.41) is 12.5. The van der Waals surface area contributed by atoms with Gasteiger partial charge >= 0.3 is 0 Å². The first-order valence-electron chi connectivity index (χ1n) is 7.41. The van der Waals surface area contributed by atoms with Crippen LogP contribution in [0.4, 0.5) is 0 Å². The fourth-order valence-electron chi connectivity index (χ4n) is 2.96. The van der Waals surface area contributed by atoms with Crippen LogP contribution in [0.15, 0.2) is 0 Å². The minimum Gasteiger partial charge on any atom is -0.396 e. The predicted molar refractivity (Wildman–Crippen MR) is 77.6 cm³/mol. The SMILES string of the molecule is CC(C)(C)CC(CN)C(=O)NCC1(CO)CCCC1. The van der Waals surface area contributed by atoms with Crippen LogP contribution in [-0.4, -0.2) is 30.7 Å². The molecule has 0 aromatic rings. The Hall–Kier alpha value is -0.610. The Morgan fingerprint density at radius 2 is 1.95 bits per heavy atom. The van der Waals surface area contributed by atoms with E-state index in [1.165, 1.54) is 0 Å². The first kappa shape index (κ1) is 16.4. The molecule has 1 rings (SSSR count). The number of rotatable bonds is 6. The van der Waals surface area contributed by atoms with Gasteiger partial charge in [0.15, 0.2) is 0 Å². The molecule has 0 heterocycles. The Labute approximate surface area is 117 Å². The molecule has 19 heavy (non-hydrogen) atoms. The van der Waals surface area contributed by atoms with Crippen molar-refractivity contribution in [3.63, 3.8) is 0 Å². The van der Waals surface area contributed by atoms with Crippen LogP contribution in [0.2, 0.25) is 0 Å². The lowest BCUT2D eigenvalue weighted by Crippen LogP contribution is -2.43. The van der Waals surface area contributed by atoms with E-state index in [1.54, 1.807) is 0 Å². The van der Waals surface area contributed by atoms with Crippen molar-refractivity contribution in [3.8, 4) is 0 Å². The molecule has 1 aliphatic carbocycles. The van der Waals surface area contributed by atoms with Crippen molar-refractivity contribution in [2.75, 3.05) is 19.7 Å². The molecule has 0 saturated heterocycles. The second-order valence-corrected chi connectivity index (χ2v) is 7.28. The van der Waals surface area contributed by atoms with Crippen molar-refractivity contribution in [3.05, 3.63) is 0 Å². The van der Waals surface area contributed by atoms with Crippen LogP contribution in [0, 0.1) is 16.7 Å².